The monoisotopic (exact) mass is 368 g/mol. The van der Waals surface area contributed by atoms with E-state index in [1.54, 1.807) is 0 Å². The van der Waals surface area contributed by atoms with Crippen LogP contribution in [0.4, 0.5) is 0 Å². The molecule has 0 aromatic heterocycles. The predicted octanol–water partition coefficient (Wildman–Crippen LogP) is 4.25. The van der Waals surface area contributed by atoms with E-state index in [4.69, 9.17) is 4.74 Å². The van der Waals surface area contributed by atoms with Gasteiger partial charge in [0.1, 0.15) is 5.78 Å². The number of hydrogen-bond donors (Lipinski definition) is 0. The maximum absolute atomic E-state index is 12.6. The summed E-state index contributed by atoms with van der Waals surface area (Å²) in [5, 5.41) is 0. The molecule has 1 spiro atoms. The SMILES string of the molecule is O=C(Cc1ccc(Br)cc1)C1CCOC2(CCSCC2)C1. The van der Waals surface area contributed by atoms with Gasteiger partial charge >= 0.3 is 0 Å². The molecule has 0 N–H and O–H groups in total. The van der Waals surface area contributed by atoms with Crippen molar-refractivity contribution in [3.8, 4) is 0 Å². The number of ether oxygens (including phenoxy) is 1. The van der Waals surface area contributed by atoms with Gasteiger partial charge in [-0.25, -0.2) is 0 Å². The van der Waals surface area contributed by atoms with E-state index in [1.807, 2.05) is 36.0 Å². The highest BCUT2D eigenvalue weighted by Crippen LogP contribution is 2.40. The molecule has 0 aliphatic carbocycles. The second kappa shape index (κ2) is 6.84. The quantitative estimate of drug-likeness (QED) is 0.797. The van der Waals surface area contributed by atoms with Crippen LogP contribution >= 0.6 is 27.7 Å². The molecular weight excluding hydrogens is 348 g/mol. The molecule has 2 aliphatic rings. The van der Waals surface area contributed by atoms with Crippen molar-refractivity contribution in [1.29, 1.82) is 0 Å². The first-order valence-electron chi connectivity index (χ1n) is 7.66. The lowest BCUT2D eigenvalue weighted by molar-refractivity contribution is -0.137. The van der Waals surface area contributed by atoms with Gasteiger partial charge in [-0.15, -0.1) is 0 Å². The summed E-state index contributed by atoms with van der Waals surface area (Å²) < 4.78 is 7.14. The number of ketones is 1. The molecule has 3 rings (SSSR count). The zero-order chi connectivity index (χ0) is 14.7. The number of hydrogen-bond acceptors (Lipinski definition) is 3. The average Bonchev–Trinajstić information content (AvgIpc) is 2.50. The van der Waals surface area contributed by atoms with Gasteiger partial charge in [-0.2, -0.15) is 11.8 Å². The van der Waals surface area contributed by atoms with E-state index in [9.17, 15) is 4.79 Å². The van der Waals surface area contributed by atoms with Crippen LogP contribution in [0.1, 0.15) is 31.2 Å². The summed E-state index contributed by atoms with van der Waals surface area (Å²) in [5.74, 6) is 2.92. The van der Waals surface area contributed by atoms with Crippen LogP contribution in [0.25, 0.3) is 0 Å². The van der Waals surface area contributed by atoms with Crippen LogP contribution in [0.15, 0.2) is 28.7 Å². The molecule has 0 saturated carbocycles. The number of Topliss-reactive ketones (excluding diaryl/α,β-unsaturated/α-hetero) is 1. The maximum atomic E-state index is 12.6. The molecule has 21 heavy (non-hydrogen) atoms. The second-order valence-electron chi connectivity index (χ2n) is 6.10. The third-order valence-corrected chi connectivity index (χ3v) is 6.16. The molecule has 0 bridgehead atoms. The van der Waals surface area contributed by atoms with Crippen LogP contribution in [0.5, 0.6) is 0 Å². The molecule has 1 aromatic carbocycles. The van der Waals surface area contributed by atoms with Gasteiger partial charge in [0.2, 0.25) is 0 Å². The molecule has 2 saturated heterocycles. The number of carbonyl (C=O) groups excluding carboxylic acids is 1. The summed E-state index contributed by atoms with van der Waals surface area (Å²) >= 11 is 5.44. The maximum Gasteiger partial charge on any atom is 0.140 e. The lowest BCUT2D eigenvalue weighted by Gasteiger charge is -2.43. The van der Waals surface area contributed by atoms with Crippen molar-refractivity contribution in [2.45, 2.75) is 37.7 Å². The largest absolute Gasteiger partial charge is 0.375 e. The average molecular weight is 369 g/mol. The Balaban J connectivity index is 1.62. The molecule has 2 nitrogen and oxygen atoms in total. The first-order valence-corrected chi connectivity index (χ1v) is 9.61. The van der Waals surface area contributed by atoms with Gasteiger partial charge < -0.3 is 4.74 Å². The Morgan fingerprint density at radius 3 is 2.71 bits per heavy atom. The third kappa shape index (κ3) is 3.91. The van der Waals surface area contributed by atoms with E-state index < -0.39 is 0 Å². The second-order valence-corrected chi connectivity index (χ2v) is 8.24. The summed E-state index contributed by atoms with van der Waals surface area (Å²) in [4.78, 5) is 12.6. The molecule has 1 unspecified atom stereocenters. The number of carbonyl (C=O) groups is 1. The first kappa shape index (κ1) is 15.6. The van der Waals surface area contributed by atoms with Crippen molar-refractivity contribution < 1.29 is 9.53 Å². The Labute approximate surface area is 139 Å². The Hall–Kier alpha value is -0.320. The van der Waals surface area contributed by atoms with Gasteiger partial charge in [-0.3, -0.25) is 4.79 Å². The first-order chi connectivity index (χ1) is 10.2. The predicted molar refractivity (Wildman–Crippen MR) is 90.8 cm³/mol. The van der Waals surface area contributed by atoms with E-state index in [-0.39, 0.29) is 11.5 Å². The summed E-state index contributed by atoms with van der Waals surface area (Å²) in [7, 11) is 0. The molecule has 2 heterocycles. The van der Waals surface area contributed by atoms with E-state index in [0.717, 1.165) is 42.3 Å². The smallest absolute Gasteiger partial charge is 0.140 e. The minimum Gasteiger partial charge on any atom is -0.375 e. The fraction of sp³-hybridized carbons (Fsp3) is 0.588. The Bertz CT molecular complexity index is 489. The van der Waals surface area contributed by atoms with E-state index in [1.165, 1.54) is 11.5 Å². The summed E-state index contributed by atoms with van der Waals surface area (Å²) in [6.45, 7) is 0.751. The van der Waals surface area contributed by atoms with Crippen molar-refractivity contribution in [3.63, 3.8) is 0 Å². The van der Waals surface area contributed by atoms with Gasteiger partial charge in [0.15, 0.2) is 0 Å². The highest BCUT2D eigenvalue weighted by molar-refractivity contribution is 9.10. The van der Waals surface area contributed by atoms with Crippen LogP contribution < -0.4 is 0 Å². The van der Waals surface area contributed by atoms with Gasteiger partial charge in [0.05, 0.1) is 5.60 Å². The Kier molecular flexibility index (Phi) is 5.07. The summed E-state index contributed by atoms with van der Waals surface area (Å²) in [6, 6.07) is 8.08. The third-order valence-electron chi connectivity index (χ3n) is 4.64. The van der Waals surface area contributed by atoms with Crippen LogP contribution in [0.3, 0.4) is 0 Å². The van der Waals surface area contributed by atoms with E-state index in [0.29, 0.717) is 12.2 Å². The molecule has 1 atom stereocenters. The van der Waals surface area contributed by atoms with Gasteiger partial charge in [-0.05, 0) is 54.9 Å². The molecule has 0 amide bonds. The highest BCUT2D eigenvalue weighted by atomic mass is 79.9. The highest BCUT2D eigenvalue weighted by Gasteiger charge is 2.40. The molecule has 2 fully saturated rings. The van der Waals surface area contributed by atoms with Gasteiger partial charge in [0, 0.05) is 23.4 Å². The molecular formula is C17H21BrO2S. The number of benzene rings is 1. The van der Waals surface area contributed by atoms with E-state index in [2.05, 4.69) is 15.9 Å². The lowest BCUT2D eigenvalue weighted by atomic mass is 9.79. The van der Waals surface area contributed by atoms with Crippen LogP contribution in [-0.2, 0) is 16.0 Å². The van der Waals surface area contributed by atoms with Gasteiger partial charge in [0.25, 0.3) is 0 Å². The van der Waals surface area contributed by atoms with Crippen LogP contribution in [0, 0.1) is 5.92 Å². The normalized spacial score (nSPS) is 24.9. The van der Waals surface area contributed by atoms with Crippen LogP contribution in [-0.4, -0.2) is 29.5 Å². The Morgan fingerprint density at radius 1 is 1.29 bits per heavy atom. The summed E-state index contributed by atoms with van der Waals surface area (Å²) in [6.07, 6.45) is 4.61. The number of thioether (sulfide) groups is 1. The molecule has 4 heteroatoms. The Morgan fingerprint density at radius 2 is 2.00 bits per heavy atom. The van der Waals surface area contributed by atoms with Crippen molar-refractivity contribution in [2.75, 3.05) is 18.1 Å². The van der Waals surface area contributed by atoms with Crippen LogP contribution in [0.2, 0.25) is 0 Å². The molecule has 0 radical (unpaired) electrons. The van der Waals surface area contributed by atoms with Crippen molar-refractivity contribution in [1.82, 2.24) is 0 Å². The van der Waals surface area contributed by atoms with E-state index >= 15 is 0 Å². The molecule has 2 aliphatic heterocycles. The zero-order valence-electron chi connectivity index (χ0n) is 12.1. The minimum atomic E-state index is 0.00351. The zero-order valence-corrected chi connectivity index (χ0v) is 14.5. The topological polar surface area (TPSA) is 26.3 Å². The number of rotatable bonds is 3. The summed E-state index contributed by atoms with van der Waals surface area (Å²) in [5.41, 5.74) is 1.12. The lowest BCUT2D eigenvalue weighted by Crippen LogP contribution is -2.44. The fourth-order valence-electron chi connectivity index (χ4n) is 3.34. The minimum absolute atomic E-state index is 0.00351. The van der Waals surface area contributed by atoms with Crippen molar-refractivity contribution in [3.05, 3.63) is 34.3 Å². The van der Waals surface area contributed by atoms with Gasteiger partial charge in [-0.1, -0.05) is 28.1 Å². The fourth-order valence-corrected chi connectivity index (χ4v) is 4.84. The number of halogens is 1. The van der Waals surface area contributed by atoms with Crippen molar-refractivity contribution >= 4 is 33.5 Å². The van der Waals surface area contributed by atoms with Crippen molar-refractivity contribution in [2.24, 2.45) is 5.92 Å². The molecule has 1 aromatic rings. The standard InChI is InChI=1S/C17H21BrO2S/c18-15-3-1-13(2-4-15)11-16(19)14-5-8-20-17(12-14)6-9-21-10-7-17/h1-4,14H,5-12H2. The molecule has 114 valence electrons.